The molecule has 210 valence electrons. The fourth-order valence-electron chi connectivity index (χ4n) is 4.62. The van der Waals surface area contributed by atoms with Crippen LogP contribution >= 0.6 is 27.3 Å². The van der Waals surface area contributed by atoms with Crippen molar-refractivity contribution < 1.29 is 32.5 Å². The van der Waals surface area contributed by atoms with E-state index in [1.165, 1.54) is 29.5 Å². The molecule has 3 aromatic heterocycles. The Kier molecular flexibility index (Phi) is 7.54. The number of halogens is 4. The zero-order chi connectivity index (χ0) is 28.7. The zero-order valence-corrected chi connectivity index (χ0v) is 23.6. The lowest BCUT2D eigenvalue weighted by molar-refractivity contribution is -0.0589. The first-order valence-electron chi connectivity index (χ1n) is 12.6. The number of fused-ring (bicyclic) bond motifs is 1. The van der Waals surface area contributed by atoms with Gasteiger partial charge in [0.1, 0.15) is 33.7 Å². The number of hydrogen-bond acceptors (Lipinski definition) is 6. The standard InChI is InChI=1S/C29H21BrF3N3O4S/c30-28-22(33)11-18(41-28)14-40-27-3-1-2-23(35-27)19-12-20(31)16(8-21(19)32)10-26-34-24-5-4-15(29(37)38)9-25(24)36(26)13-17-6-7-39-17/h1-5,8-9,11-12,17H,6-7,10,13-14H2,(H,37,38)/t17-/m0/s1. The minimum Gasteiger partial charge on any atom is -0.478 e. The lowest BCUT2D eigenvalue weighted by atomic mass is 10.0. The molecule has 1 aliphatic heterocycles. The van der Waals surface area contributed by atoms with Crippen molar-refractivity contribution in [1.29, 1.82) is 0 Å². The van der Waals surface area contributed by atoms with Gasteiger partial charge in [-0.1, -0.05) is 6.07 Å². The van der Waals surface area contributed by atoms with Gasteiger partial charge in [-0.25, -0.2) is 27.9 Å². The third-order valence-electron chi connectivity index (χ3n) is 6.80. The smallest absolute Gasteiger partial charge is 0.335 e. The number of carboxylic acids is 1. The van der Waals surface area contributed by atoms with Crippen molar-refractivity contribution in [3.63, 3.8) is 0 Å². The van der Waals surface area contributed by atoms with E-state index < -0.39 is 17.6 Å². The van der Waals surface area contributed by atoms with Gasteiger partial charge in [-0.15, -0.1) is 11.3 Å². The second-order valence-corrected chi connectivity index (χ2v) is 12.0. The number of carboxylic acid groups (broad SMARTS) is 1. The van der Waals surface area contributed by atoms with Crippen LogP contribution < -0.4 is 4.74 Å². The molecule has 1 aliphatic rings. The molecule has 1 fully saturated rings. The molecule has 0 spiro atoms. The number of hydrogen-bond donors (Lipinski definition) is 1. The summed E-state index contributed by atoms with van der Waals surface area (Å²) >= 11 is 4.32. The van der Waals surface area contributed by atoms with Gasteiger partial charge in [-0.05, 0) is 70.4 Å². The maximum atomic E-state index is 15.4. The van der Waals surface area contributed by atoms with Crippen molar-refractivity contribution in [1.82, 2.24) is 14.5 Å². The number of benzene rings is 2. The van der Waals surface area contributed by atoms with E-state index in [9.17, 15) is 14.3 Å². The lowest BCUT2D eigenvalue weighted by Crippen LogP contribution is -2.31. The Bertz CT molecular complexity index is 1770. The molecule has 0 radical (unpaired) electrons. The second kappa shape index (κ2) is 11.3. The van der Waals surface area contributed by atoms with Gasteiger partial charge in [-0.3, -0.25) is 0 Å². The van der Waals surface area contributed by atoms with Crippen molar-refractivity contribution in [2.24, 2.45) is 0 Å². The highest BCUT2D eigenvalue weighted by molar-refractivity contribution is 9.11. The van der Waals surface area contributed by atoms with Crippen LogP contribution in [0.1, 0.15) is 33.0 Å². The number of ether oxygens (including phenoxy) is 2. The van der Waals surface area contributed by atoms with E-state index in [0.717, 1.165) is 18.6 Å². The number of aromatic nitrogens is 3. The van der Waals surface area contributed by atoms with Crippen molar-refractivity contribution in [3.05, 3.63) is 97.7 Å². The fraction of sp³-hybridized carbons (Fsp3) is 0.207. The summed E-state index contributed by atoms with van der Waals surface area (Å²) in [7, 11) is 0. The fourth-order valence-corrected chi connectivity index (χ4v) is 6.02. The highest BCUT2D eigenvalue weighted by Crippen LogP contribution is 2.30. The van der Waals surface area contributed by atoms with Gasteiger partial charge in [0.2, 0.25) is 5.88 Å². The Balaban J connectivity index is 1.27. The van der Waals surface area contributed by atoms with Gasteiger partial charge in [0.25, 0.3) is 0 Å². The van der Waals surface area contributed by atoms with Crippen LogP contribution in [-0.4, -0.2) is 38.3 Å². The highest BCUT2D eigenvalue weighted by Gasteiger charge is 2.24. The van der Waals surface area contributed by atoms with E-state index in [-0.39, 0.29) is 53.2 Å². The first-order valence-corrected chi connectivity index (χ1v) is 14.2. The molecule has 5 aromatic rings. The average molecular weight is 644 g/mol. The van der Waals surface area contributed by atoms with Crippen molar-refractivity contribution in [2.75, 3.05) is 6.61 Å². The molecule has 6 rings (SSSR count). The maximum absolute atomic E-state index is 15.4. The SMILES string of the molecule is O=C(O)c1ccc2nc(Cc3cc(F)c(-c4cccc(OCc5cc(F)c(Br)s5)n4)cc3F)n(C[C@@H]3CCO3)c2c1. The Hall–Kier alpha value is -3.74. The summed E-state index contributed by atoms with van der Waals surface area (Å²) < 4.78 is 57.7. The van der Waals surface area contributed by atoms with Gasteiger partial charge >= 0.3 is 5.97 Å². The largest absolute Gasteiger partial charge is 0.478 e. The molecule has 2 aromatic carbocycles. The molecule has 0 saturated carbocycles. The highest BCUT2D eigenvalue weighted by atomic mass is 79.9. The van der Waals surface area contributed by atoms with Gasteiger partial charge in [0, 0.05) is 29.5 Å². The van der Waals surface area contributed by atoms with Crippen LogP contribution in [0, 0.1) is 17.5 Å². The number of thiophene rings is 1. The van der Waals surface area contributed by atoms with Crippen LogP contribution in [0.5, 0.6) is 5.88 Å². The molecule has 0 aliphatic carbocycles. The van der Waals surface area contributed by atoms with Gasteiger partial charge < -0.3 is 19.1 Å². The third-order valence-corrected chi connectivity index (χ3v) is 8.53. The van der Waals surface area contributed by atoms with Crippen molar-refractivity contribution in [3.8, 4) is 17.1 Å². The minimum absolute atomic E-state index is 0.0175. The zero-order valence-electron chi connectivity index (χ0n) is 21.2. The molecule has 12 heteroatoms. The van der Waals surface area contributed by atoms with Crippen LogP contribution in [-0.2, 0) is 24.3 Å². The monoisotopic (exact) mass is 643 g/mol. The van der Waals surface area contributed by atoms with Crippen molar-refractivity contribution >= 4 is 44.3 Å². The number of nitrogens with zero attached hydrogens (tertiary/aromatic N) is 3. The van der Waals surface area contributed by atoms with Crippen LogP contribution in [0.25, 0.3) is 22.3 Å². The molecule has 7 nitrogen and oxygen atoms in total. The number of carbonyl (C=O) groups is 1. The van der Waals surface area contributed by atoms with Crippen molar-refractivity contribution in [2.45, 2.75) is 32.1 Å². The summed E-state index contributed by atoms with van der Waals surface area (Å²) in [5.41, 5.74) is 1.49. The summed E-state index contributed by atoms with van der Waals surface area (Å²) in [4.78, 5) is 21.1. The van der Waals surface area contributed by atoms with E-state index in [1.807, 2.05) is 4.57 Å². The topological polar surface area (TPSA) is 86.5 Å². The van der Waals surface area contributed by atoms with Gasteiger partial charge in [0.05, 0.1) is 34.9 Å². The molecule has 0 amide bonds. The summed E-state index contributed by atoms with van der Waals surface area (Å²) in [5, 5.41) is 9.44. The molecule has 0 bridgehead atoms. The lowest BCUT2D eigenvalue weighted by Gasteiger charge is -2.27. The van der Waals surface area contributed by atoms with Gasteiger partial charge in [0.15, 0.2) is 0 Å². The predicted octanol–water partition coefficient (Wildman–Crippen LogP) is 7.00. The van der Waals surface area contributed by atoms with E-state index in [0.29, 0.717) is 38.7 Å². The first-order chi connectivity index (χ1) is 19.7. The molecule has 1 saturated heterocycles. The minimum atomic E-state index is -1.07. The average Bonchev–Trinajstić information content (AvgIpc) is 3.44. The molecule has 4 heterocycles. The van der Waals surface area contributed by atoms with Crippen LogP contribution in [0.15, 0.2) is 58.4 Å². The number of imidazole rings is 1. The maximum Gasteiger partial charge on any atom is 0.335 e. The van der Waals surface area contributed by atoms with Crippen LogP contribution in [0.3, 0.4) is 0 Å². The van der Waals surface area contributed by atoms with E-state index in [4.69, 9.17) is 9.47 Å². The summed E-state index contributed by atoms with van der Waals surface area (Å²) in [6, 6.07) is 12.9. The molecule has 0 unspecified atom stereocenters. The van der Waals surface area contributed by atoms with E-state index in [2.05, 4.69) is 25.9 Å². The Labute approximate surface area is 244 Å². The molecule has 41 heavy (non-hydrogen) atoms. The normalized spacial score (nSPS) is 14.8. The Morgan fingerprint density at radius 2 is 1.93 bits per heavy atom. The Morgan fingerprint density at radius 3 is 2.63 bits per heavy atom. The Morgan fingerprint density at radius 1 is 1.10 bits per heavy atom. The molecule has 1 atom stereocenters. The van der Waals surface area contributed by atoms with E-state index in [1.54, 1.807) is 24.3 Å². The molecular weight excluding hydrogens is 623 g/mol. The second-order valence-electron chi connectivity index (χ2n) is 9.51. The summed E-state index contributed by atoms with van der Waals surface area (Å²) in [5.74, 6) is -2.11. The number of aromatic carboxylic acids is 1. The van der Waals surface area contributed by atoms with Gasteiger partial charge in [-0.2, -0.15) is 0 Å². The molecule has 1 N–H and O–H groups in total. The van der Waals surface area contributed by atoms with E-state index >= 15 is 8.78 Å². The number of rotatable bonds is 9. The first kappa shape index (κ1) is 27.4. The summed E-state index contributed by atoms with van der Waals surface area (Å²) in [6.07, 6.45) is 0.757. The number of pyridine rings is 1. The van der Waals surface area contributed by atoms with Crippen LogP contribution in [0.2, 0.25) is 0 Å². The predicted molar refractivity (Wildman–Crippen MR) is 150 cm³/mol. The molecular formula is C29H21BrF3N3O4S. The quantitative estimate of drug-likeness (QED) is 0.186. The summed E-state index contributed by atoms with van der Waals surface area (Å²) in [6.45, 7) is 1.13. The van der Waals surface area contributed by atoms with Crippen LogP contribution in [0.4, 0.5) is 13.2 Å². The third kappa shape index (κ3) is 5.72.